The second-order valence-corrected chi connectivity index (χ2v) is 10.1. The molecule has 0 unspecified atom stereocenters. The maximum absolute atomic E-state index is 8.98. The molecule has 0 heterocycles. The SMILES string of the molecule is [2H]c1c2cccc1c1ccc(ccc3ccc(cc3)c3cccc(c3[2H])c3ccc(ccc4ccc2cc4)cc3)cc1. The van der Waals surface area contributed by atoms with Gasteiger partial charge in [-0.1, -0.05) is 158 Å². The Morgan fingerprint density at radius 2 is 0.425 bits per heavy atom. The maximum atomic E-state index is 8.98. The largest absolute Gasteiger partial charge is 0.0636 e. The van der Waals surface area contributed by atoms with E-state index in [9.17, 15) is 0 Å². The molecule has 12 bridgehead atoms. The summed E-state index contributed by atoms with van der Waals surface area (Å²) in [5.74, 6) is 0. The molecule has 0 radical (unpaired) electrons. The van der Waals surface area contributed by atoms with Crippen LogP contribution < -0.4 is 0 Å². The highest BCUT2D eigenvalue weighted by molar-refractivity contribution is 5.94. The van der Waals surface area contributed by atoms with Crippen molar-refractivity contribution in [2.24, 2.45) is 0 Å². The average Bonchev–Trinajstić information content (AvgIpc) is 3.04. The Bertz CT molecular complexity index is 1930. The lowest BCUT2D eigenvalue weighted by Crippen LogP contribution is -1.73. The summed E-state index contributed by atoms with van der Waals surface area (Å²) in [7, 11) is 0. The van der Waals surface area contributed by atoms with Gasteiger partial charge >= 0.3 is 0 Å². The summed E-state index contributed by atoms with van der Waals surface area (Å²) < 4.78 is 18.0. The summed E-state index contributed by atoms with van der Waals surface area (Å²) in [4.78, 5) is 0. The van der Waals surface area contributed by atoms with E-state index in [4.69, 9.17) is 2.74 Å². The molecule has 0 aliphatic heterocycles. The van der Waals surface area contributed by atoms with Gasteiger partial charge in [0, 0.05) is 0 Å². The van der Waals surface area contributed by atoms with Crippen LogP contribution in [0.5, 0.6) is 0 Å². The highest BCUT2D eigenvalue weighted by Gasteiger charge is 1.95. The van der Waals surface area contributed by atoms with E-state index in [0.717, 1.165) is 64.6 Å². The molecule has 0 amide bonds. The summed E-state index contributed by atoms with van der Waals surface area (Å²) in [6.07, 6.45) is 0. The molecule has 0 fully saturated rings. The smallest absolute Gasteiger partial charge is 0.0610 e. The first-order chi connectivity index (χ1) is 20.6. The molecule has 40 heavy (non-hydrogen) atoms. The monoisotopic (exact) mass is 510 g/mol. The molecular formula is C40H28. The van der Waals surface area contributed by atoms with Gasteiger partial charge in [0.25, 0.3) is 0 Å². The normalized spacial score (nSPS) is 11.7. The van der Waals surface area contributed by atoms with Crippen LogP contribution in [0, 0.1) is 0 Å². The van der Waals surface area contributed by atoms with Gasteiger partial charge in [-0.3, -0.25) is 0 Å². The lowest BCUT2D eigenvalue weighted by Gasteiger charge is -1.99. The molecule has 0 nitrogen and oxygen atoms in total. The summed E-state index contributed by atoms with van der Waals surface area (Å²) in [6.45, 7) is 0. The molecule has 0 aliphatic carbocycles. The second-order valence-electron chi connectivity index (χ2n) is 10.1. The van der Waals surface area contributed by atoms with Gasteiger partial charge in [0.15, 0.2) is 0 Å². The average molecular weight is 511 g/mol. The summed E-state index contributed by atoms with van der Waals surface area (Å²) in [5, 5.41) is 12.2. The quantitative estimate of drug-likeness (QED) is 0.190. The zero-order chi connectivity index (χ0) is 28.5. The fourth-order valence-corrected chi connectivity index (χ4v) is 5.09. The Labute approximate surface area is 236 Å². The minimum atomic E-state index is 0.534. The van der Waals surface area contributed by atoms with E-state index < -0.39 is 0 Å². The number of hydrogen-bond donors (Lipinski definition) is 0. The highest BCUT2D eigenvalue weighted by atomic mass is 14.0. The molecule has 0 spiro atoms. The lowest BCUT2D eigenvalue weighted by molar-refractivity contribution is 1.77. The van der Waals surface area contributed by atoms with Crippen LogP contribution in [0.1, 0.15) is 2.74 Å². The highest BCUT2D eigenvalue weighted by Crippen LogP contribution is 2.21. The van der Waals surface area contributed by atoms with E-state index in [1.165, 1.54) is 0 Å². The Balaban J connectivity index is 1.50. The van der Waals surface area contributed by atoms with Crippen molar-refractivity contribution in [1.82, 2.24) is 0 Å². The third-order valence-corrected chi connectivity index (χ3v) is 7.41. The fraction of sp³-hybridized carbons (Fsp3) is 0. The van der Waals surface area contributed by atoms with E-state index in [-0.39, 0.29) is 0 Å². The van der Waals surface area contributed by atoms with Crippen LogP contribution in [0.4, 0.5) is 0 Å². The van der Waals surface area contributed by atoms with Crippen molar-refractivity contribution in [2.45, 2.75) is 0 Å². The third kappa shape index (κ3) is 5.08. The van der Waals surface area contributed by atoms with E-state index in [2.05, 4.69) is 121 Å². The predicted octanol–water partition coefficient (Wildman–Crippen LogP) is 11.4. The van der Waals surface area contributed by atoms with E-state index in [0.29, 0.717) is 12.1 Å². The predicted molar refractivity (Wildman–Crippen MR) is 176 cm³/mol. The van der Waals surface area contributed by atoms with Crippen molar-refractivity contribution in [3.05, 3.63) is 170 Å². The Hall–Kier alpha value is -5.20. The van der Waals surface area contributed by atoms with Gasteiger partial charge in [0.05, 0.1) is 2.74 Å². The van der Waals surface area contributed by atoms with Crippen molar-refractivity contribution < 1.29 is 2.74 Å². The second kappa shape index (κ2) is 10.5. The molecule has 0 aromatic heterocycles. The molecule has 0 N–H and O–H groups in total. The van der Waals surface area contributed by atoms with Crippen molar-refractivity contribution in [1.29, 1.82) is 0 Å². The number of benzene rings is 6. The minimum absolute atomic E-state index is 0.534. The molecule has 188 valence electrons. The molecule has 0 saturated carbocycles. The molecular weight excluding hydrogens is 480 g/mol. The van der Waals surface area contributed by atoms with Crippen molar-refractivity contribution in [2.75, 3.05) is 0 Å². The topological polar surface area (TPSA) is 0 Å². The summed E-state index contributed by atoms with van der Waals surface area (Å²) >= 11 is 0. The van der Waals surface area contributed by atoms with Crippen molar-refractivity contribution in [3.8, 4) is 0 Å². The van der Waals surface area contributed by atoms with Gasteiger partial charge in [-0.25, -0.2) is 0 Å². The van der Waals surface area contributed by atoms with Gasteiger partial charge < -0.3 is 0 Å². The first-order valence-electron chi connectivity index (χ1n) is 14.6. The first-order valence-corrected chi connectivity index (χ1v) is 13.6. The van der Waals surface area contributed by atoms with E-state index >= 15 is 0 Å². The van der Waals surface area contributed by atoms with Crippen LogP contribution in [0.3, 0.4) is 0 Å². The van der Waals surface area contributed by atoms with Crippen LogP contribution >= 0.6 is 0 Å². The summed E-state index contributed by atoms with van der Waals surface area (Å²) in [6, 6.07) is 55.2. The van der Waals surface area contributed by atoms with Crippen molar-refractivity contribution in [3.63, 3.8) is 0 Å². The van der Waals surface area contributed by atoms with Gasteiger partial charge in [-0.05, 0) is 76.7 Å². The van der Waals surface area contributed by atoms with Gasteiger partial charge in [0.1, 0.15) is 0 Å². The van der Waals surface area contributed by atoms with Crippen LogP contribution in [-0.2, 0) is 0 Å². The van der Waals surface area contributed by atoms with Gasteiger partial charge in [0.2, 0.25) is 0 Å². The fourth-order valence-electron chi connectivity index (χ4n) is 5.09. The van der Waals surface area contributed by atoms with Gasteiger partial charge in [-0.15, -0.1) is 0 Å². The molecule has 13 rings (SSSR count). The third-order valence-electron chi connectivity index (χ3n) is 7.41. The molecule has 0 heteroatoms. The lowest BCUT2D eigenvalue weighted by atomic mass is 10.1. The first kappa shape index (κ1) is 21.7. The molecule has 0 atom stereocenters. The zero-order valence-corrected chi connectivity index (χ0v) is 22.0. The number of hydrogen-bond acceptors (Lipinski definition) is 0. The van der Waals surface area contributed by atoms with Crippen LogP contribution in [0.25, 0.3) is 64.6 Å². The molecule has 13 aromatic rings. The Kier molecular flexibility index (Phi) is 5.71. The molecule has 0 saturated heterocycles. The van der Waals surface area contributed by atoms with Crippen LogP contribution in [0.2, 0.25) is 0 Å². The van der Waals surface area contributed by atoms with Crippen LogP contribution in [0.15, 0.2) is 170 Å². The van der Waals surface area contributed by atoms with Crippen molar-refractivity contribution >= 4 is 64.6 Å². The molecule has 0 aliphatic rings. The van der Waals surface area contributed by atoms with Crippen LogP contribution in [-0.4, -0.2) is 0 Å². The Morgan fingerprint density at radius 3 is 0.650 bits per heavy atom. The van der Waals surface area contributed by atoms with E-state index in [1.807, 2.05) is 36.4 Å². The molecule has 13 aromatic carbocycles. The maximum Gasteiger partial charge on any atom is 0.0636 e. The standard InChI is InChI=1S/C40H28/c1-3-37-27-38(4-1)34-21-13-30(14-22-34)8-10-32-17-25-36(26-18-32)40-6-2-5-39(28-40)35-23-15-31(16-24-35)9-7-29-11-19-33(37)20-12-29/h1-28H/i27D,28D. The summed E-state index contributed by atoms with van der Waals surface area (Å²) in [5.41, 5.74) is 0. The zero-order valence-electron chi connectivity index (χ0n) is 24.0. The number of rotatable bonds is 0. The van der Waals surface area contributed by atoms with E-state index in [1.54, 1.807) is 0 Å². The van der Waals surface area contributed by atoms with Gasteiger partial charge in [-0.2, -0.15) is 0 Å². The Morgan fingerprint density at radius 1 is 0.225 bits per heavy atom. The minimum Gasteiger partial charge on any atom is -0.0610 e.